The summed E-state index contributed by atoms with van der Waals surface area (Å²) < 4.78 is 9.75. The third-order valence-electron chi connectivity index (χ3n) is 2.75. The number of benzene rings is 1. The van der Waals surface area contributed by atoms with Crippen molar-refractivity contribution in [2.24, 2.45) is 5.41 Å². The topological polar surface area (TPSA) is 76.4 Å². The molecule has 0 aromatic heterocycles. The molecule has 0 saturated carbocycles. The summed E-state index contributed by atoms with van der Waals surface area (Å²) in [5, 5.41) is 9.38. The van der Waals surface area contributed by atoms with Crippen LogP contribution in [-0.2, 0) is 25.5 Å². The molecular weight excluding hydrogens is 258 g/mol. The van der Waals surface area contributed by atoms with Crippen molar-refractivity contribution in [3.63, 3.8) is 0 Å². The van der Waals surface area contributed by atoms with E-state index < -0.39 is 17.4 Å². The fourth-order valence-electron chi connectivity index (χ4n) is 1.77. The first kappa shape index (κ1) is 15.7. The minimum atomic E-state index is -1.95. The lowest BCUT2D eigenvalue weighted by atomic mass is 9.83. The van der Waals surface area contributed by atoms with Crippen molar-refractivity contribution in [1.29, 1.82) is 5.26 Å². The van der Waals surface area contributed by atoms with Crippen molar-refractivity contribution in [1.82, 2.24) is 0 Å². The Morgan fingerprint density at radius 3 is 2.00 bits per heavy atom. The molecule has 0 aliphatic rings. The quantitative estimate of drug-likeness (QED) is 0.585. The highest BCUT2D eigenvalue weighted by molar-refractivity contribution is 6.03. The summed E-state index contributed by atoms with van der Waals surface area (Å²) in [6.07, 6.45) is -0.0675. The predicted molar refractivity (Wildman–Crippen MR) is 71.5 cm³/mol. The van der Waals surface area contributed by atoms with Gasteiger partial charge in [0.25, 0.3) is 5.41 Å². The first-order valence-corrected chi connectivity index (χ1v) is 6.40. The largest absolute Gasteiger partial charge is 0.464 e. The highest BCUT2D eigenvalue weighted by atomic mass is 16.6. The molecule has 5 heteroatoms. The fraction of sp³-hybridized carbons (Fsp3) is 0.400. The lowest BCUT2D eigenvalue weighted by Gasteiger charge is -2.22. The minimum Gasteiger partial charge on any atom is -0.464 e. The van der Waals surface area contributed by atoms with E-state index in [1.165, 1.54) is 0 Å². The van der Waals surface area contributed by atoms with Gasteiger partial charge in [0.15, 0.2) is 0 Å². The molecule has 5 nitrogen and oxygen atoms in total. The Morgan fingerprint density at radius 2 is 1.60 bits per heavy atom. The maximum absolute atomic E-state index is 12.1. The lowest BCUT2D eigenvalue weighted by Crippen LogP contribution is -2.42. The molecule has 0 unspecified atom stereocenters. The van der Waals surface area contributed by atoms with Crippen molar-refractivity contribution < 1.29 is 19.1 Å². The van der Waals surface area contributed by atoms with Gasteiger partial charge in [-0.25, -0.2) is 9.59 Å². The SMILES string of the molecule is CCOC(=O)C(C#N)(Cc1ccccc1)C(=O)OCC. The zero-order chi connectivity index (χ0) is 15.0. The minimum absolute atomic E-state index is 0.0675. The Hall–Kier alpha value is -2.35. The lowest BCUT2D eigenvalue weighted by molar-refractivity contribution is -0.167. The van der Waals surface area contributed by atoms with Gasteiger partial charge in [0.05, 0.1) is 19.3 Å². The highest BCUT2D eigenvalue weighted by Gasteiger charge is 2.49. The number of nitrogens with zero attached hydrogens (tertiary/aromatic N) is 1. The number of carbonyl (C=O) groups is 2. The standard InChI is InChI=1S/C15H17NO4/c1-3-19-13(17)15(11-16,14(18)20-4-2)10-12-8-6-5-7-9-12/h5-9H,3-4,10H2,1-2H3. The number of hydrogen-bond donors (Lipinski definition) is 0. The number of nitriles is 1. The summed E-state index contributed by atoms with van der Waals surface area (Å²) in [5.74, 6) is -1.74. The summed E-state index contributed by atoms with van der Waals surface area (Å²) in [6.45, 7) is 3.42. The molecule has 0 fully saturated rings. The Bertz CT molecular complexity index is 486. The van der Waals surface area contributed by atoms with Gasteiger partial charge in [0.2, 0.25) is 0 Å². The van der Waals surface area contributed by atoms with Gasteiger partial charge in [-0.2, -0.15) is 5.26 Å². The Morgan fingerprint density at radius 1 is 1.10 bits per heavy atom. The van der Waals surface area contributed by atoms with Gasteiger partial charge in [-0.1, -0.05) is 30.3 Å². The van der Waals surface area contributed by atoms with Crippen LogP contribution < -0.4 is 0 Å². The van der Waals surface area contributed by atoms with E-state index in [1.54, 1.807) is 44.2 Å². The molecule has 0 radical (unpaired) electrons. The van der Waals surface area contributed by atoms with Gasteiger partial charge in [-0.05, 0) is 19.4 Å². The molecule has 1 aromatic carbocycles. The molecule has 1 aromatic rings. The molecule has 0 atom stereocenters. The molecule has 20 heavy (non-hydrogen) atoms. The molecule has 1 rings (SSSR count). The van der Waals surface area contributed by atoms with Crippen molar-refractivity contribution >= 4 is 11.9 Å². The number of esters is 2. The Balaban J connectivity index is 3.14. The van der Waals surface area contributed by atoms with E-state index in [4.69, 9.17) is 9.47 Å². The van der Waals surface area contributed by atoms with Crippen molar-refractivity contribution in [3.05, 3.63) is 35.9 Å². The van der Waals surface area contributed by atoms with E-state index >= 15 is 0 Å². The molecule has 0 aliphatic heterocycles. The van der Waals surface area contributed by atoms with E-state index in [0.29, 0.717) is 5.56 Å². The molecule has 0 amide bonds. The van der Waals surface area contributed by atoms with Gasteiger partial charge >= 0.3 is 11.9 Å². The summed E-state index contributed by atoms with van der Waals surface area (Å²) in [6, 6.07) is 10.6. The predicted octanol–water partition coefficient (Wildman–Crippen LogP) is 1.87. The van der Waals surface area contributed by atoms with Crippen LogP contribution in [0.5, 0.6) is 0 Å². The molecular formula is C15H17NO4. The van der Waals surface area contributed by atoms with Crippen LogP contribution in [0, 0.1) is 16.7 Å². The monoisotopic (exact) mass is 275 g/mol. The molecule has 0 bridgehead atoms. The average molecular weight is 275 g/mol. The maximum Gasteiger partial charge on any atom is 0.338 e. The van der Waals surface area contributed by atoms with E-state index in [-0.39, 0.29) is 19.6 Å². The third kappa shape index (κ3) is 3.35. The summed E-state index contributed by atoms with van der Waals surface area (Å²) in [7, 11) is 0. The molecule has 0 N–H and O–H groups in total. The Labute approximate surface area is 118 Å². The smallest absolute Gasteiger partial charge is 0.338 e. The Kier molecular flexibility index (Phi) is 5.73. The zero-order valence-corrected chi connectivity index (χ0v) is 11.6. The van der Waals surface area contributed by atoms with E-state index in [2.05, 4.69) is 0 Å². The molecule has 0 spiro atoms. The van der Waals surface area contributed by atoms with E-state index in [0.717, 1.165) is 0 Å². The van der Waals surface area contributed by atoms with Crippen molar-refractivity contribution in [3.8, 4) is 6.07 Å². The van der Waals surface area contributed by atoms with Gasteiger partial charge in [-0.3, -0.25) is 0 Å². The van der Waals surface area contributed by atoms with Gasteiger partial charge in [-0.15, -0.1) is 0 Å². The fourth-order valence-corrected chi connectivity index (χ4v) is 1.77. The summed E-state index contributed by atoms with van der Waals surface area (Å²) in [4.78, 5) is 24.1. The number of rotatable bonds is 6. The molecule has 0 aliphatic carbocycles. The first-order chi connectivity index (χ1) is 9.60. The molecule has 106 valence electrons. The number of carbonyl (C=O) groups excluding carboxylic acids is 2. The van der Waals surface area contributed by atoms with Crippen molar-refractivity contribution in [2.75, 3.05) is 13.2 Å². The second-order valence-corrected chi connectivity index (χ2v) is 4.12. The van der Waals surface area contributed by atoms with Crippen LogP contribution in [0.25, 0.3) is 0 Å². The van der Waals surface area contributed by atoms with Crippen LogP contribution in [0.4, 0.5) is 0 Å². The van der Waals surface area contributed by atoms with Crippen LogP contribution >= 0.6 is 0 Å². The molecule has 0 heterocycles. The number of ether oxygens (including phenoxy) is 2. The van der Waals surface area contributed by atoms with Crippen molar-refractivity contribution in [2.45, 2.75) is 20.3 Å². The highest BCUT2D eigenvalue weighted by Crippen LogP contribution is 2.26. The normalized spacial score (nSPS) is 10.4. The number of hydrogen-bond acceptors (Lipinski definition) is 5. The second kappa shape index (κ2) is 7.29. The van der Waals surface area contributed by atoms with Crippen LogP contribution in [0.1, 0.15) is 19.4 Å². The van der Waals surface area contributed by atoms with E-state index in [1.807, 2.05) is 6.07 Å². The first-order valence-electron chi connectivity index (χ1n) is 6.40. The van der Waals surface area contributed by atoms with Crippen LogP contribution in [0.15, 0.2) is 30.3 Å². The van der Waals surface area contributed by atoms with E-state index in [9.17, 15) is 14.9 Å². The maximum atomic E-state index is 12.1. The van der Waals surface area contributed by atoms with Gasteiger partial charge in [0, 0.05) is 6.42 Å². The molecule has 0 saturated heterocycles. The van der Waals surface area contributed by atoms with Gasteiger partial charge < -0.3 is 9.47 Å². The zero-order valence-electron chi connectivity index (χ0n) is 11.6. The third-order valence-corrected chi connectivity index (χ3v) is 2.75. The average Bonchev–Trinajstić information content (AvgIpc) is 2.46. The second-order valence-electron chi connectivity index (χ2n) is 4.12. The van der Waals surface area contributed by atoms with Crippen LogP contribution in [-0.4, -0.2) is 25.2 Å². The summed E-state index contributed by atoms with van der Waals surface area (Å²) >= 11 is 0. The van der Waals surface area contributed by atoms with Crippen LogP contribution in [0.3, 0.4) is 0 Å². The summed E-state index contributed by atoms with van der Waals surface area (Å²) in [5.41, 5.74) is -1.26. The van der Waals surface area contributed by atoms with Gasteiger partial charge in [0.1, 0.15) is 0 Å². The van der Waals surface area contributed by atoms with Crippen LogP contribution in [0.2, 0.25) is 0 Å².